The molecule has 0 spiro atoms. The van der Waals surface area contributed by atoms with Crippen LogP contribution in [-0.2, 0) is 33.8 Å². The van der Waals surface area contributed by atoms with E-state index in [1.807, 2.05) is 0 Å². The van der Waals surface area contributed by atoms with Gasteiger partial charge in [0.15, 0.2) is 5.13 Å². The van der Waals surface area contributed by atoms with Crippen molar-refractivity contribution in [2.45, 2.75) is 59.3 Å². The number of carboxylic acid groups (broad SMARTS) is 1. The van der Waals surface area contributed by atoms with E-state index in [9.17, 15) is 9.90 Å². The quantitative estimate of drug-likeness (QED) is 0.367. The number of anilines is 1. The Kier molecular flexibility index (Phi) is 7.70. The van der Waals surface area contributed by atoms with E-state index in [-0.39, 0.29) is 12.0 Å². The van der Waals surface area contributed by atoms with E-state index in [1.165, 1.54) is 27.8 Å². The van der Waals surface area contributed by atoms with Gasteiger partial charge in [-0.25, -0.2) is 4.98 Å². The molecule has 43 heavy (non-hydrogen) atoms. The van der Waals surface area contributed by atoms with Gasteiger partial charge in [0, 0.05) is 43.7 Å². The number of benzene rings is 2. The molecular weight excluding hydrogens is 562 g/mol. The normalized spacial score (nSPS) is 25.2. The van der Waals surface area contributed by atoms with E-state index in [1.54, 1.807) is 11.3 Å². The molecule has 1 N–H and O–H groups in total. The molecule has 3 aliphatic heterocycles. The number of thiazole rings is 1. The van der Waals surface area contributed by atoms with Crippen molar-refractivity contribution in [2.75, 3.05) is 50.9 Å². The lowest BCUT2D eigenvalue weighted by Crippen LogP contribution is -2.42. The standard InChI is InChI=1S/C34H41N3O5S/c1-21-4-5-31(28(12-21)30-20-43-33(35-30)37-9-7-34(32(38)39)14-25(34)15-37)42-18-24-13-22(2)29-17-36(8-6-27(29)23(24)3)16-26-19-40-10-11-41-26/h4-5,12-13,20,25-26H,6-11,14-19H2,1-3H3,(H,38,39)/t25-,26?,34+/m0/s1. The Balaban J connectivity index is 1.05. The number of piperidine rings is 1. The molecule has 4 heterocycles. The van der Waals surface area contributed by atoms with Crippen LogP contribution in [0.15, 0.2) is 29.6 Å². The third-order valence-corrected chi connectivity index (χ3v) is 11.0. The van der Waals surface area contributed by atoms with Crippen LogP contribution in [0.4, 0.5) is 5.13 Å². The molecule has 9 heteroatoms. The van der Waals surface area contributed by atoms with Crippen LogP contribution in [0, 0.1) is 32.1 Å². The summed E-state index contributed by atoms with van der Waals surface area (Å²) in [6.45, 7) is 13.6. The maximum Gasteiger partial charge on any atom is 0.310 e. The van der Waals surface area contributed by atoms with Crippen LogP contribution in [0.1, 0.15) is 46.2 Å². The molecule has 3 atom stereocenters. The maximum atomic E-state index is 11.7. The molecule has 1 aliphatic carbocycles. The second-order valence-electron chi connectivity index (χ2n) is 12.8. The average Bonchev–Trinajstić information content (AvgIpc) is 3.57. The largest absolute Gasteiger partial charge is 0.488 e. The van der Waals surface area contributed by atoms with E-state index in [0.717, 1.165) is 73.3 Å². The summed E-state index contributed by atoms with van der Waals surface area (Å²) in [7, 11) is 0. The highest BCUT2D eigenvalue weighted by atomic mass is 32.1. The number of aromatic nitrogens is 1. The molecular formula is C34H41N3O5S. The third kappa shape index (κ3) is 5.57. The highest BCUT2D eigenvalue weighted by Crippen LogP contribution is 2.58. The lowest BCUT2D eigenvalue weighted by Gasteiger charge is -2.35. The molecule has 1 unspecified atom stereocenters. The molecule has 1 saturated carbocycles. The SMILES string of the molecule is Cc1ccc(OCc2cc(C)c3c(c2C)CCN(CC2COCCO2)C3)c(-c2csc(N3CC[C@@]4(C(=O)O)C[C@H]4C3)n2)c1. The van der Waals surface area contributed by atoms with Crippen LogP contribution >= 0.6 is 11.3 Å². The lowest BCUT2D eigenvalue weighted by atomic mass is 9.88. The summed E-state index contributed by atoms with van der Waals surface area (Å²) in [6.07, 6.45) is 2.68. The fraction of sp³-hybridized carbons (Fsp3) is 0.529. The minimum absolute atomic E-state index is 0.163. The molecule has 0 amide bonds. The molecule has 2 aromatic carbocycles. The van der Waals surface area contributed by atoms with Crippen molar-refractivity contribution in [3.63, 3.8) is 0 Å². The summed E-state index contributed by atoms with van der Waals surface area (Å²) in [6, 6.07) is 8.61. The van der Waals surface area contributed by atoms with Crippen LogP contribution in [0.2, 0.25) is 0 Å². The van der Waals surface area contributed by atoms with E-state index < -0.39 is 11.4 Å². The van der Waals surface area contributed by atoms with Crippen LogP contribution in [0.3, 0.4) is 0 Å². The van der Waals surface area contributed by atoms with Crippen LogP contribution in [0.25, 0.3) is 11.3 Å². The third-order valence-electron chi connectivity index (χ3n) is 10.1. The predicted octanol–water partition coefficient (Wildman–Crippen LogP) is 5.39. The zero-order chi connectivity index (χ0) is 29.7. The van der Waals surface area contributed by atoms with Gasteiger partial charge in [-0.2, -0.15) is 0 Å². The van der Waals surface area contributed by atoms with Crippen LogP contribution in [0.5, 0.6) is 5.75 Å². The summed E-state index contributed by atoms with van der Waals surface area (Å²) in [5, 5.41) is 12.7. The first kappa shape index (κ1) is 28.8. The zero-order valence-electron chi connectivity index (χ0n) is 25.4. The van der Waals surface area contributed by atoms with Gasteiger partial charge < -0.3 is 24.2 Å². The van der Waals surface area contributed by atoms with Crippen molar-refractivity contribution in [1.29, 1.82) is 0 Å². The van der Waals surface area contributed by atoms with Crippen molar-refractivity contribution in [2.24, 2.45) is 11.3 Å². The first-order valence-electron chi connectivity index (χ1n) is 15.5. The van der Waals surface area contributed by atoms with Gasteiger partial charge >= 0.3 is 5.97 Å². The van der Waals surface area contributed by atoms with Gasteiger partial charge in [0.25, 0.3) is 0 Å². The smallest absolute Gasteiger partial charge is 0.310 e. The molecule has 1 aromatic heterocycles. The number of hydrogen-bond acceptors (Lipinski definition) is 8. The van der Waals surface area contributed by atoms with Crippen molar-refractivity contribution in [3.05, 3.63) is 63.0 Å². The number of carboxylic acids is 1. The van der Waals surface area contributed by atoms with Crippen molar-refractivity contribution in [3.8, 4) is 17.0 Å². The van der Waals surface area contributed by atoms with Gasteiger partial charge in [-0.15, -0.1) is 11.3 Å². The minimum Gasteiger partial charge on any atom is -0.488 e. The molecule has 4 aliphatic rings. The van der Waals surface area contributed by atoms with Gasteiger partial charge in [-0.1, -0.05) is 17.7 Å². The first-order chi connectivity index (χ1) is 20.8. The fourth-order valence-corrected chi connectivity index (χ4v) is 8.16. The predicted molar refractivity (Wildman–Crippen MR) is 167 cm³/mol. The van der Waals surface area contributed by atoms with Gasteiger partial charge in [0.05, 0.1) is 37.0 Å². The van der Waals surface area contributed by atoms with E-state index in [4.69, 9.17) is 19.2 Å². The highest BCUT2D eigenvalue weighted by molar-refractivity contribution is 7.14. The molecule has 0 bridgehead atoms. The van der Waals surface area contributed by atoms with Crippen molar-refractivity contribution < 1.29 is 24.1 Å². The Hall–Kier alpha value is -2.98. The molecule has 8 nitrogen and oxygen atoms in total. The molecule has 0 radical (unpaired) electrons. The summed E-state index contributed by atoms with van der Waals surface area (Å²) in [4.78, 5) is 21.5. The summed E-state index contributed by atoms with van der Waals surface area (Å²) in [5.41, 5.74) is 9.39. The van der Waals surface area contributed by atoms with Crippen LogP contribution < -0.4 is 9.64 Å². The van der Waals surface area contributed by atoms with E-state index >= 15 is 0 Å². The molecule has 2 saturated heterocycles. The van der Waals surface area contributed by atoms with Gasteiger partial charge in [0.2, 0.25) is 0 Å². The second-order valence-corrected chi connectivity index (χ2v) is 13.7. The van der Waals surface area contributed by atoms with Gasteiger partial charge in [-0.05, 0) is 85.9 Å². The van der Waals surface area contributed by atoms with Crippen molar-refractivity contribution in [1.82, 2.24) is 9.88 Å². The van der Waals surface area contributed by atoms with Gasteiger partial charge in [-0.3, -0.25) is 9.69 Å². The first-order valence-corrected chi connectivity index (χ1v) is 16.4. The molecule has 3 fully saturated rings. The fourth-order valence-electron chi connectivity index (χ4n) is 7.30. The maximum absolute atomic E-state index is 11.7. The monoisotopic (exact) mass is 603 g/mol. The Morgan fingerprint density at radius 3 is 2.86 bits per heavy atom. The van der Waals surface area contributed by atoms with Crippen LogP contribution in [-0.4, -0.2) is 73.1 Å². The van der Waals surface area contributed by atoms with Crippen molar-refractivity contribution >= 4 is 22.4 Å². The summed E-state index contributed by atoms with van der Waals surface area (Å²) >= 11 is 1.63. The number of rotatable bonds is 8. The topological polar surface area (TPSA) is 84.4 Å². The molecule has 7 rings (SSSR count). The number of hydrogen-bond donors (Lipinski definition) is 1. The zero-order valence-corrected chi connectivity index (χ0v) is 26.2. The van der Waals surface area contributed by atoms with E-state index in [2.05, 4.69) is 60.2 Å². The molecule has 228 valence electrons. The molecule has 3 aromatic rings. The second kappa shape index (κ2) is 11.5. The Morgan fingerprint density at radius 2 is 2.07 bits per heavy atom. The number of aryl methyl sites for hydroxylation is 2. The summed E-state index contributed by atoms with van der Waals surface area (Å²) < 4.78 is 18.1. The minimum atomic E-state index is -0.634. The average molecular weight is 604 g/mol. The van der Waals surface area contributed by atoms with E-state index in [0.29, 0.717) is 32.8 Å². The number of carbonyl (C=O) groups is 1. The highest BCUT2D eigenvalue weighted by Gasteiger charge is 2.62. The number of nitrogens with zero attached hydrogens (tertiary/aromatic N) is 3. The number of aliphatic carboxylic acids is 1. The Morgan fingerprint density at radius 1 is 1.19 bits per heavy atom. The summed E-state index contributed by atoms with van der Waals surface area (Å²) in [5.74, 6) is 0.435. The number of ether oxygens (including phenoxy) is 3. The lowest BCUT2D eigenvalue weighted by molar-refractivity contribution is -0.144. The number of fused-ring (bicyclic) bond motifs is 2. The van der Waals surface area contributed by atoms with Gasteiger partial charge in [0.1, 0.15) is 12.4 Å². The Labute approximate surface area is 257 Å². The Bertz CT molecular complexity index is 1530.